The van der Waals surface area contributed by atoms with Crippen molar-refractivity contribution in [2.75, 3.05) is 27.4 Å². The number of halogens is 2. The van der Waals surface area contributed by atoms with Gasteiger partial charge in [0.25, 0.3) is 5.91 Å². The number of rotatable bonds is 8. The first-order valence-electron chi connectivity index (χ1n) is 8.04. The molecule has 0 aliphatic rings. The second-order valence-electron chi connectivity index (χ2n) is 5.49. The van der Waals surface area contributed by atoms with Gasteiger partial charge in [-0.05, 0) is 42.3 Å². The lowest BCUT2D eigenvalue weighted by atomic mass is 10.1. The highest BCUT2D eigenvalue weighted by molar-refractivity contribution is 5.91. The highest BCUT2D eigenvalue weighted by atomic mass is 19.2. The Labute approximate surface area is 155 Å². The third-order valence-corrected chi connectivity index (χ3v) is 3.67. The fourth-order valence-electron chi connectivity index (χ4n) is 2.27. The second-order valence-corrected chi connectivity index (χ2v) is 5.49. The van der Waals surface area contributed by atoms with Crippen LogP contribution in [0.15, 0.2) is 36.4 Å². The topological polar surface area (TPSA) is 73.9 Å². The molecule has 0 bridgehead atoms. The van der Waals surface area contributed by atoms with Gasteiger partial charge in [-0.2, -0.15) is 0 Å². The molecule has 0 radical (unpaired) electrons. The molecule has 1 amide bonds. The van der Waals surface area contributed by atoms with E-state index >= 15 is 0 Å². The summed E-state index contributed by atoms with van der Waals surface area (Å²) < 4.78 is 41.1. The first-order valence-corrected chi connectivity index (χ1v) is 8.04. The first kappa shape index (κ1) is 20.2. The zero-order chi connectivity index (χ0) is 19.8. The molecule has 6 nitrogen and oxygen atoms in total. The molecule has 1 N–H and O–H groups in total. The molecule has 2 aromatic carbocycles. The molecule has 0 aromatic heterocycles. The minimum atomic E-state index is -1.16. The largest absolute Gasteiger partial charge is 0.493 e. The summed E-state index contributed by atoms with van der Waals surface area (Å²) in [5.41, 5.74) is 0.749. The quantitative estimate of drug-likeness (QED) is 0.714. The smallest absolute Gasteiger partial charge is 0.338 e. The van der Waals surface area contributed by atoms with E-state index in [1.54, 1.807) is 19.2 Å². The molecule has 0 aliphatic heterocycles. The SMILES string of the molecule is COc1ccc(CCNC(=O)COC(=O)c2ccc(F)c(F)c2)cc1OC. The average molecular weight is 379 g/mol. The third-order valence-electron chi connectivity index (χ3n) is 3.67. The van der Waals surface area contributed by atoms with Crippen LogP contribution in [-0.2, 0) is 16.0 Å². The molecular weight excluding hydrogens is 360 g/mol. The summed E-state index contributed by atoms with van der Waals surface area (Å²) in [7, 11) is 3.07. The number of hydrogen-bond donors (Lipinski definition) is 1. The molecule has 8 heteroatoms. The Morgan fingerprint density at radius 3 is 2.37 bits per heavy atom. The van der Waals surface area contributed by atoms with Gasteiger partial charge in [0.1, 0.15) is 0 Å². The Hall–Kier alpha value is -3.16. The van der Waals surface area contributed by atoms with Gasteiger partial charge in [0.2, 0.25) is 0 Å². The highest BCUT2D eigenvalue weighted by Gasteiger charge is 2.13. The van der Waals surface area contributed by atoms with E-state index in [2.05, 4.69) is 5.32 Å². The van der Waals surface area contributed by atoms with Crippen LogP contribution in [0.5, 0.6) is 11.5 Å². The summed E-state index contributed by atoms with van der Waals surface area (Å²) in [6.45, 7) is -0.208. The van der Waals surface area contributed by atoms with Crippen molar-refractivity contribution in [1.29, 1.82) is 0 Å². The Morgan fingerprint density at radius 2 is 1.70 bits per heavy atom. The number of carbonyl (C=O) groups is 2. The van der Waals surface area contributed by atoms with Crippen molar-refractivity contribution >= 4 is 11.9 Å². The number of carbonyl (C=O) groups excluding carboxylic acids is 2. The van der Waals surface area contributed by atoms with Crippen LogP contribution in [0, 0.1) is 11.6 Å². The third kappa shape index (κ3) is 5.67. The van der Waals surface area contributed by atoms with Crippen LogP contribution in [0.1, 0.15) is 15.9 Å². The number of methoxy groups -OCH3 is 2. The van der Waals surface area contributed by atoms with Gasteiger partial charge >= 0.3 is 5.97 Å². The standard InChI is InChI=1S/C19H19F2NO5/c1-25-16-6-3-12(9-17(16)26-2)7-8-22-18(23)11-27-19(24)13-4-5-14(20)15(21)10-13/h3-6,9-10H,7-8,11H2,1-2H3,(H,22,23). The molecule has 0 atom stereocenters. The zero-order valence-corrected chi connectivity index (χ0v) is 14.9. The Kier molecular flexibility index (Phi) is 7.10. The first-order chi connectivity index (χ1) is 12.9. The van der Waals surface area contributed by atoms with E-state index in [-0.39, 0.29) is 5.56 Å². The Balaban J connectivity index is 1.77. The maximum Gasteiger partial charge on any atom is 0.338 e. The van der Waals surface area contributed by atoms with E-state index in [1.807, 2.05) is 6.07 Å². The van der Waals surface area contributed by atoms with Crippen LogP contribution >= 0.6 is 0 Å². The van der Waals surface area contributed by atoms with Gasteiger partial charge in [0.15, 0.2) is 29.7 Å². The lowest BCUT2D eigenvalue weighted by Gasteiger charge is -2.10. The molecule has 2 aromatic rings. The molecule has 0 saturated carbocycles. The van der Waals surface area contributed by atoms with Gasteiger partial charge in [-0.1, -0.05) is 6.07 Å². The number of esters is 1. The normalized spacial score (nSPS) is 10.2. The van der Waals surface area contributed by atoms with Crippen LogP contribution in [-0.4, -0.2) is 39.2 Å². The van der Waals surface area contributed by atoms with Gasteiger partial charge in [-0.3, -0.25) is 4.79 Å². The van der Waals surface area contributed by atoms with E-state index in [1.165, 1.54) is 7.11 Å². The Bertz CT molecular complexity index is 826. The lowest BCUT2D eigenvalue weighted by molar-refractivity contribution is -0.124. The fourth-order valence-corrected chi connectivity index (χ4v) is 2.27. The molecule has 0 spiro atoms. The maximum absolute atomic E-state index is 13.1. The van der Waals surface area contributed by atoms with Crippen molar-refractivity contribution in [3.63, 3.8) is 0 Å². The van der Waals surface area contributed by atoms with E-state index < -0.39 is 30.1 Å². The number of amides is 1. The fraction of sp³-hybridized carbons (Fsp3) is 0.263. The number of hydrogen-bond acceptors (Lipinski definition) is 5. The van der Waals surface area contributed by atoms with Crippen molar-refractivity contribution in [3.8, 4) is 11.5 Å². The van der Waals surface area contributed by atoms with E-state index in [9.17, 15) is 18.4 Å². The molecule has 0 aliphatic carbocycles. The molecule has 0 saturated heterocycles. The molecule has 0 fully saturated rings. The van der Waals surface area contributed by atoms with Crippen LogP contribution in [0.2, 0.25) is 0 Å². The monoisotopic (exact) mass is 379 g/mol. The lowest BCUT2D eigenvalue weighted by Crippen LogP contribution is -2.30. The summed E-state index contributed by atoms with van der Waals surface area (Å²) in [5.74, 6) is -2.46. The minimum Gasteiger partial charge on any atom is -0.493 e. The zero-order valence-electron chi connectivity index (χ0n) is 14.9. The van der Waals surface area contributed by atoms with Gasteiger partial charge < -0.3 is 19.5 Å². The van der Waals surface area contributed by atoms with Gasteiger partial charge in [-0.25, -0.2) is 13.6 Å². The summed E-state index contributed by atoms with van der Waals surface area (Å²) in [6.07, 6.45) is 0.531. The maximum atomic E-state index is 13.1. The van der Waals surface area contributed by atoms with Crippen LogP contribution in [0.3, 0.4) is 0 Å². The molecule has 27 heavy (non-hydrogen) atoms. The summed E-state index contributed by atoms with van der Waals surface area (Å²) in [5, 5.41) is 2.60. The van der Waals surface area contributed by atoms with E-state index in [0.29, 0.717) is 30.5 Å². The minimum absolute atomic E-state index is 0.174. The molecule has 144 valence electrons. The molecular formula is C19H19F2NO5. The van der Waals surface area contributed by atoms with E-state index in [0.717, 1.165) is 17.7 Å². The number of benzene rings is 2. The van der Waals surface area contributed by atoms with Gasteiger partial charge in [0.05, 0.1) is 19.8 Å². The van der Waals surface area contributed by atoms with Crippen molar-refractivity contribution in [3.05, 3.63) is 59.2 Å². The predicted octanol–water partition coefficient (Wildman–Crippen LogP) is 2.50. The summed E-state index contributed by atoms with van der Waals surface area (Å²) in [6, 6.07) is 8.02. The average Bonchev–Trinajstić information content (AvgIpc) is 2.68. The van der Waals surface area contributed by atoms with Crippen molar-refractivity contribution in [2.45, 2.75) is 6.42 Å². The summed E-state index contributed by atoms with van der Waals surface area (Å²) in [4.78, 5) is 23.5. The van der Waals surface area contributed by atoms with E-state index in [4.69, 9.17) is 14.2 Å². The van der Waals surface area contributed by atoms with Crippen LogP contribution in [0.4, 0.5) is 8.78 Å². The van der Waals surface area contributed by atoms with Crippen molar-refractivity contribution in [1.82, 2.24) is 5.32 Å². The molecule has 2 rings (SSSR count). The predicted molar refractivity (Wildman–Crippen MR) is 92.9 cm³/mol. The summed E-state index contributed by atoms with van der Waals surface area (Å²) >= 11 is 0. The Morgan fingerprint density at radius 1 is 0.963 bits per heavy atom. The number of nitrogens with one attached hydrogen (secondary N) is 1. The highest BCUT2D eigenvalue weighted by Crippen LogP contribution is 2.27. The molecule has 0 heterocycles. The second kappa shape index (κ2) is 9.51. The number of ether oxygens (including phenoxy) is 3. The van der Waals surface area contributed by atoms with Crippen molar-refractivity contribution in [2.24, 2.45) is 0 Å². The van der Waals surface area contributed by atoms with Crippen LogP contribution in [0.25, 0.3) is 0 Å². The van der Waals surface area contributed by atoms with Gasteiger partial charge in [-0.15, -0.1) is 0 Å². The van der Waals surface area contributed by atoms with Crippen LogP contribution < -0.4 is 14.8 Å². The van der Waals surface area contributed by atoms with Gasteiger partial charge in [0, 0.05) is 6.54 Å². The molecule has 0 unspecified atom stereocenters. The van der Waals surface area contributed by atoms with Crippen molar-refractivity contribution < 1.29 is 32.6 Å².